The number of aromatic nitrogens is 2. The van der Waals surface area contributed by atoms with Gasteiger partial charge in [-0.2, -0.15) is 0 Å². The second-order valence-electron chi connectivity index (χ2n) is 6.27. The van der Waals surface area contributed by atoms with E-state index in [1.807, 2.05) is 45.0 Å². The first-order chi connectivity index (χ1) is 13.4. The number of anilines is 1. The molecule has 0 aliphatic rings. The molecule has 1 amide bonds. The van der Waals surface area contributed by atoms with Crippen LogP contribution in [0.1, 0.15) is 22.6 Å². The molecule has 0 radical (unpaired) electrons. The highest BCUT2D eigenvalue weighted by molar-refractivity contribution is 7.99. The number of ether oxygens (including phenoxy) is 1. The molecule has 0 unspecified atom stereocenters. The number of amides is 1. The van der Waals surface area contributed by atoms with Gasteiger partial charge in [-0.1, -0.05) is 47.6 Å². The SMILES string of the molecule is Cc1ccc(NC(=O)CSc2nnc(COc3c(C)cccc3C)o2)cc1Cl. The van der Waals surface area contributed by atoms with Crippen molar-refractivity contribution in [1.29, 1.82) is 0 Å². The third kappa shape index (κ3) is 5.27. The first kappa shape index (κ1) is 20.2. The van der Waals surface area contributed by atoms with Crippen LogP contribution in [0.5, 0.6) is 5.75 Å². The summed E-state index contributed by atoms with van der Waals surface area (Å²) in [6, 6.07) is 11.3. The quantitative estimate of drug-likeness (QED) is 0.547. The van der Waals surface area contributed by atoms with Crippen LogP contribution in [0.25, 0.3) is 0 Å². The van der Waals surface area contributed by atoms with Gasteiger partial charge in [-0.15, -0.1) is 10.2 Å². The smallest absolute Gasteiger partial charge is 0.277 e. The molecule has 3 aromatic rings. The number of hydrogen-bond acceptors (Lipinski definition) is 6. The summed E-state index contributed by atoms with van der Waals surface area (Å²) >= 11 is 7.23. The highest BCUT2D eigenvalue weighted by Gasteiger charge is 2.12. The molecule has 0 atom stereocenters. The van der Waals surface area contributed by atoms with Gasteiger partial charge in [0.1, 0.15) is 5.75 Å². The van der Waals surface area contributed by atoms with E-state index in [0.29, 0.717) is 21.8 Å². The van der Waals surface area contributed by atoms with Crippen molar-refractivity contribution in [2.75, 3.05) is 11.1 Å². The van der Waals surface area contributed by atoms with Crippen LogP contribution in [0, 0.1) is 20.8 Å². The Morgan fingerprint density at radius 3 is 2.61 bits per heavy atom. The summed E-state index contributed by atoms with van der Waals surface area (Å²) in [7, 11) is 0. The lowest BCUT2D eigenvalue weighted by Crippen LogP contribution is -2.14. The molecule has 0 fully saturated rings. The van der Waals surface area contributed by atoms with Gasteiger partial charge in [0, 0.05) is 10.7 Å². The Kier molecular flexibility index (Phi) is 6.59. The summed E-state index contributed by atoms with van der Waals surface area (Å²) in [5.74, 6) is 1.13. The molecule has 0 saturated heterocycles. The molecule has 1 N–H and O–H groups in total. The number of halogens is 1. The second kappa shape index (κ2) is 9.12. The van der Waals surface area contributed by atoms with Crippen molar-refractivity contribution >= 4 is 35.0 Å². The molecule has 0 saturated carbocycles. The number of benzene rings is 2. The minimum absolute atomic E-state index is 0.144. The van der Waals surface area contributed by atoms with Crippen molar-refractivity contribution in [2.24, 2.45) is 0 Å². The van der Waals surface area contributed by atoms with Gasteiger partial charge in [0.15, 0.2) is 6.61 Å². The predicted octanol–water partition coefficient (Wildman–Crippen LogP) is 4.96. The molecule has 0 spiro atoms. The van der Waals surface area contributed by atoms with E-state index in [1.165, 1.54) is 0 Å². The van der Waals surface area contributed by atoms with E-state index in [0.717, 1.165) is 34.2 Å². The molecule has 0 aliphatic carbocycles. The average Bonchev–Trinajstić information content (AvgIpc) is 3.11. The molecule has 0 aliphatic heterocycles. The standard InChI is InChI=1S/C20H20ClN3O3S/c1-12-7-8-15(9-16(12)21)22-17(25)11-28-20-24-23-18(27-20)10-26-19-13(2)5-4-6-14(19)3/h4-9H,10-11H2,1-3H3,(H,22,25). The zero-order valence-electron chi connectivity index (χ0n) is 15.8. The normalized spacial score (nSPS) is 10.7. The molecule has 1 heterocycles. The fraction of sp³-hybridized carbons (Fsp3) is 0.250. The van der Waals surface area contributed by atoms with E-state index in [4.69, 9.17) is 20.8 Å². The van der Waals surface area contributed by atoms with Crippen LogP contribution < -0.4 is 10.1 Å². The van der Waals surface area contributed by atoms with Crippen LogP contribution in [0.15, 0.2) is 46.0 Å². The molecule has 146 valence electrons. The molecule has 6 nitrogen and oxygen atoms in total. The van der Waals surface area contributed by atoms with Crippen LogP contribution in [0.4, 0.5) is 5.69 Å². The molecule has 2 aromatic carbocycles. The van der Waals surface area contributed by atoms with Gasteiger partial charge in [-0.05, 0) is 49.6 Å². The van der Waals surface area contributed by atoms with Gasteiger partial charge in [-0.25, -0.2) is 0 Å². The summed E-state index contributed by atoms with van der Waals surface area (Å²) in [6.07, 6.45) is 0. The third-order valence-corrected chi connectivity index (χ3v) is 5.21. The number of carbonyl (C=O) groups excluding carboxylic acids is 1. The Morgan fingerprint density at radius 1 is 1.14 bits per heavy atom. The monoisotopic (exact) mass is 417 g/mol. The van der Waals surface area contributed by atoms with Crippen molar-refractivity contribution in [1.82, 2.24) is 10.2 Å². The summed E-state index contributed by atoms with van der Waals surface area (Å²) < 4.78 is 11.3. The van der Waals surface area contributed by atoms with Crippen molar-refractivity contribution in [3.8, 4) is 5.75 Å². The molecule has 1 aromatic heterocycles. The fourth-order valence-corrected chi connectivity index (χ4v) is 3.27. The van der Waals surface area contributed by atoms with Crippen LogP contribution in [0.2, 0.25) is 5.02 Å². The number of para-hydroxylation sites is 1. The zero-order valence-corrected chi connectivity index (χ0v) is 17.4. The van der Waals surface area contributed by atoms with E-state index >= 15 is 0 Å². The Morgan fingerprint density at radius 2 is 1.89 bits per heavy atom. The van der Waals surface area contributed by atoms with Gasteiger partial charge < -0.3 is 14.5 Å². The number of aryl methyl sites for hydroxylation is 3. The summed E-state index contributed by atoms with van der Waals surface area (Å²) in [4.78, 5) is 12.1. The molecule has 3 rings (SSSR count). The lowest BCUT2D eigenvalue weighted by atomic mass is 10.1. The third-order valence-electron chi connectivity index (χ3n) is 3.98. The number of thioether (sulfide) groups is 1. The topological polar surface area (TPSA) is 77.2 Å². The van der Waals surface area contributed by atoms with Gasteiger partial charge in [0.05, 0.1) is 5.75 Å². The number of rotatable bonds is 7. The number of hydrogen-bond donors (Lipinski definition) is 1. The van der Waals surface area contributed by atoms with Crippen molar-refractivity contribution in [2.45, 2.75) is 32.6 Å². The number of nitrogens with zero attached hydrogens (tertiary/aromatic N) is 2. The lowest BCUT2D eigenvalue weighted by molar-refractivity contribution is -0.113. The molecule has 0 bridgehead atoms. The fourth-order valence-electron chi connectivity index (χ4n) is 2.51. The minimum atomic E-state index is -0.184. The second-order valence-corrected chi connectivity index (χ2v) is 7.61. The first-order valence-electron chi connectivity index (χ1n) is 8.62. The number of carbonyl (C=O) groups is 1. The Bertz CT molecular complexity index is 970. The highest BCUT2D eigenvalue weighted by atomic mass is 35.5. The maximum atomic E-state index is 12.1. The van der Waals surface area contributed by atoms with E-state index in [9.17, 15) is 4.79 Å². The predicted molar refractivity (Wildman–Crippen MR) is 110 cm³/mol. The van der Waals surface area contributed by atoms with Crippen molar-refractivity contribution < 1.29 is 13.9 Å². The summed E-state index contributed by atoms with van der Waals surface area (Å²) in [5, 5.41) is 11.6. The summed E-state index contributed by atoms with van der Waals surface area (Å²) in [5.41, 5.74) is 3.69. The van der Waals surface area contributed by atoms with Crippen LogP contribution in [0.3, 0.4) is 0 Å². The average molecular weight is 418 g/mol. The van der Waals surface area contributed by atoms with Gasteiger partial charge in [0.25, 0.3) is 11.1 Å². The Hall–Kier alpha value is -2.51. The molecule has 28 heavy (non-hydrogen) atoms. The number of nitrogens with one attached hydrogen (secondary N) is 1. The van der Waals surface area contributed by atoms with E-state index < -0.39 is 0 Å². The molecular weight excluding hydrogens is 398 g/mol. The van der Waals surface area contributed by atoms with Gasteiger partial charge in [0.2, 0.25) is 5.91 Å². The lowest BCUT2D eigenvalue weighted by Gasteiger charge is -2.09. The van der Waals surface area contributed by atoms with Crippen molar-refractivity contribution in [3.63, 3.8) is 0 Å². The molecular formula is C20H20ClN3O3S. The largest absolute Gasteiger partial charge is 0.483 e. The van der Waals surface area contributed by atoms with E-state index in [1.54, 1.807) is 12.1 Å². The van der Waals surface area contributed by atoms with Gasteiger partial charge in [-0.3, -0.25) is 4.79 Å². The minimum Gasteiger partial charge on any atom is -0.483 e. The van der Waals surface area contributed by atoms with E-state index in [-0.39, 0.29) is 18.3 Å². The van der Waals surface area contributed by atoms with Crippen molar-refractivity contribution in [3.05, 3.63) is 64.0 Å². The van der Waals surface area contributed by atoms with E-state index in [2.05, 4.69) is 15.5 Å². The maximum Gasteiger partial charge on any atom is 0.277 e. The highest BCUT2D eigenvalue weighted by Crippen LogP contribution is 2.24. The van der Waals surface area contributed by atoms with Crippen LogP contribution >= 0.6 is 23.4 Å². The van der Waals surface area contributed by atoms with Crippen LogP contribution in [-0.2, 0) is 11.4 Å². The van der Waals surface area contributed by atoms with Crippen LogP contribution in [-0.4, -0.2) is 21.9 Å². The van der Waals surface area contributed by atoms with Gasteiger partial charge >= 0.3 is 0 Å². The maximum absolute atomic E-state index is 12.1. The molecule has 8 heteroatoms. The Balaban J connectivity index is 1.50. The Labute approximate surface area is 172 Å². The zero-order chi connectivity index (χ0) is 20.1. The first-order valence-corrected chi connectivity index (χ1v) is 9.99. The summed E-state index contributed by atoms with van der Waals surface area (Å²) in [6.45, 7) is 6.04.